The number of hydrazine groups is 1. The van der Waals surface area contributed by atoms with Crippen LogP contribution in [-0.4, -0.2) is 33.7 Å². The number of carbonyl (C=O) groups is 3. The Morgan fingerprint density at radius 2 is 1.58 bits per heavy atom. The first-order valence-electron chi connectivity index (χ1n) is 9.91. The number of carbonyl (C=O) groups excluding carboxylic acids is 3. The molecule has 0 radical (unpaired) electrons. The molecule has 0 bridgehead atoms. The van der Waals surface area contributed by atoms with E-state index in [2.05, 4.69) is 26.1 Å². The lowest BCUT2D eigenvalue weighted by atomic mass is 9.95. The molecule has 0 spiro atoms. The van der Waals surface area contributed by atoms with Gasteiger partial charge in [-0.25, -0.2) is 9.97 Å². The number of aryl methyl sites for hydroxylation is 2. The minimum absolute atomic E-state index is 0.249. The molecule has 3 amide bonds. The Bertz CT molecular complexity index is 934. The number of benzene rings is 1. The summed E-state index contributed by atoms with van der Waals surface area (Å²) in [6.07, 6.45) is 0. The van der Waals surface area contributed by atoms with Gasteiger partial charge in [-0.1, -0.05) is 44.7 Å². The van der Waals surface area contributed by atoms with E-state index in [-0.39, 0.29) is 5.91 Å². The quantitative estimate of drug-likeness (QED) is 0.359. The normalized spacial score (nSPS) is 12.1. The molecule has 31 heavy (non-hydrogen) atoms. The van der Waals surface area contributed by atoms with Crippen LogP contribution in [0.2, 0.25) is 0 Å². The minimum Gasteiger partial charge on any atom is -0.344 e. The van der Waals surface area contributed by atoms with Gasteiger partial charge < -0.3 is 5.32 Å². The predicted molar refractivity (Wildman–Crippen MR) is 120 cm³/mol. The van der Waals surface area contributed by atoms with Gasteiger partial charge in [0.15, 0.2) is 5.16 Å². The summed E-state index contributed by atoms with van der Waals surface area (Å²) >= 11 is 1.53. The van der Waals surface area contributed by atoms with Gasteiger partial charge in [-0.05, 0) is 44.5 Å². The summed E-state index contributed by atoms with van der Waals surface area (Å²) in [5.74, 6) is -0.528. The van der Waals surface area contributed by atoms with Gasteiger partial charge in [-0.2, -0.15) is 0 Å². The van der Waals surface area contributed by atoms with Crippen molar-refractivity contribution in [2.45, 2.75) is 58.5 Å². The number of aromatic nitrogens is 2. The van der Waals surface area contributed by atoms with Crippen molar-refractivity contribution in [2.24, 2.45) is 5.41 Å². The molecule has 0 aliphatic carbocycles. The number of nitrogens with one attached hydrogen (secondary N) is 3. The van der Waals surface area contributed by atoms with E-state index < -0.39 is 23.3 Å². The Hall–Kier alpha value is -2.94. The molecule has 2 rings (SSSR count). The van der Waals surface area contributed by atoms with Crippen LogP contribution < -0.4 is 16.2 Å². The molecule has 0 saturated heterocycles. The second kappa shape index (κ2) is 10.4. The van der Waals surface area contributed by atoms with Crippen LogP contribution in [0.4, 0.5) is 0 Å². The molecule has 1 aromatic carbocycles. The van der Waals surface area contributed by atoms with Gasteiger partial charge >= 0.3 is 0 Å². The lowest BCUT2D eigenvalue weighted by Gasteiger charge is -2.21. The van der Waals surface area contributed by atoms with Crippen molar-refractivity contribution in [3.63, 3.8) is 0 Å². The van der Waals surface area contributed by atoms with Gasteiger partial charge in [0.25, 0.3) is 11.8 Å². The van der Waals surface area contributed by atoms with Gasteiger partial charge in [0.2, 0.25) is 5.91 Å². The van der Waals surface area contributed by atoms with Crippen LogP contribution >= 0.6 is 11.8 Å². The molecule has 0 aliphatic rings. The fourth-order valence-electron chi connectivity index (χ4n) is 2.44. The number of rotatable bonds is 6. The number of thioether (sulfide) groups is 1. The molecular weight excluding hydrogens is 414 g/mol. The summed E-state index contributed by atoms with van der Waals surface area (Å²) in [4.78, 5) is 45.2. The lowest BCUT2D eigenvalue weighted by molar-refractivity contribution is -0.133. The Morgan fingerprint density at radius 3 is 2.13 bits per heavy atom. The smallest absolute Gasteiger partial charge is 0.269 e. The Balaban J connectivity index is 1.84. The zero-order chi connectivity index (χ0) is 23.2. The second-order valence-electron chi connectivity index (χ2n) is 8.31. The SMILES string of the molecule is Cc1cc(C)nc(SCc2ccc(C(=O)NNC(=O)[C@H](C)NC(=O)C(C)(C)C)cc2)n1. The van der Waals surface area contributed by atoms with E-state index in [4.69, 9.17) is 0 Å². The minimum atomic E-state index is -0.779. The molecule has 2 aromatic rings. The summed E-state index contributed by atoms with van der Waals surface area (Å²) in [5.41, 5.74) is 7.37. The van der Waals surface area contributed by atoms with Gasteiger partial charge in [-0.15, -0.1) is 0 Å². The molecule has 0 saturated carbocycles. The van der Waals surface area contributed by atoms with E-state index in [1.54, 1.807) is 39.8 Å². The summed E-state index contributed by atoms with van der Waals surface area (Å²) in [6.45, 7) is 10.7. The highest BCUT2D eigenvalue weighted by atomic mass is 32.2. The molecule has 0 unspecified atom stereocenters. The van der Waals surface area contributed by atoms with E-state index in [1.165, 1.54) is 11.8 Å². The third-order valence-electron chi connectivity index (χ3n) is 4.27. The number of hydrogen-bond acceptors (Lipinski definition) is 6. The molecule has 8 nitrogen and oxygen atoms in total. The average Bonchev–Trinajstić information content (AvgIpc) is 2.69. The summed E-state index contributed by atoms with van der Waals surface area (Å²) < 4.78 is 0. The highest BCUT2D eigenvalue weighted by Crippen LogP contribution is 2.20. The third-order valence-corrected chi connectivity index (χ3v) is 5.19. The first-order valence-corrected chi connectivity index (χ1v) is 10.9. The highest BCUT2D eigenvalue weighted by Gasteiger charge is 2.25. The fourth-order valence-corrected chi connectivity index (χ4v) is 3.34. The van der Waals surface area contributed by atoms with Crippen molar-refractivity contribution in [3.05, 3.63) is 52.8 Å². The van der Waals surface area contributed by atoms with Gasteiger partial charge in [0.05, 0.1) is 0 Å². The number of nitrogens with zero attached hydrogens (tertiary/aromatic N) is 2. The monoisotopic (exact) mass is 443 g/mol. The van der Waals surface area contributed by atoms with E-state index in [9.17, 15) is 14.4 Å². The van der Waals surface area contributed by atoms with Crippen LogP contribution in [0.1, 0.15) is 55.0 Å². The largest absolute Gasteiger partial charge is 0.344 e. The second-order valence-corrected chi connectivity index (χ2v) is 9.25. The van der Waals surface area contributed by atoms with Crippen molar-refractivity contribution in [2.75, 3.05) is 0 Å². The van der Waals surface area contributed by atoms with Crippen LogP contribution in [0.3, 0.4) is 0 Å². The molecule has 3 N–H and O–H groups in total. The highest BCUT2D eigenvalue weighted by molar-refractivity contribution is 7.98. The van der Waals surface area contributed by atoms with E-state index in [1.807, 2.05) is 32.0 Å². The first kappa shape index (κ1) is 24.3. The maximum Gasteiger partial charge on any atom is 0.269 e. The Labute approximate surface area is 187 Å². The molecule has 1 heterocycles. The number of amides is 3. The average molecular weight is 444 g/mol. The first-order chi connectivity index (χ1) is 14.5. The summed E-state index contributed by atoms with van der Waals surface area (Å²) in [6, 6.07) is 8.21. The van der Waals surface area contributed by atoms with Gasteiger partial charge in [0.1, 0.15) is 6.04 Å². The van der Waals surface area contributed by atoms with Crippen LogP contribution in [0.5, 0.6) is 0 Å². The predicted octanol–water partition coefficient (Wildman–Crippen LogP) is 2.70. The van der Waals surface area contributed by atoms with Crippen LogP contribution in [0.15, 0.2) is 35.5 Å². The van der Waals surface area contributed by atoms with Crippen molar-refractivity contribution in [3.8, 4) is 0 Å². The van der Waals surface area contributed by atoms with Crippen LogP contribution in [-0.2, 0) is 15.3 Å². The molecular formula is C22H29N5O3S. The topological polar surface area (TPSA) is 113 Å². The Kier molecular flexibility index (Phi) is 8.15. The summed E-state index contributed by atoms with van der Waals surface area (Å²) in [7, 11) is 0. The molecule has 166 valence electrons. The zero-order valence-electron chi connectivity index (χ0n) is 18.7. The maximum atomic E-state index is 12.3. The van der Waals surface area contributed by atoms with Crippen molar-refractivity contribution >= 4 is 29.5 Å². The van der Waals surface area contributed by atoms with Crippen LogP contribution in [0.25, 0.3) is 0 Å². The van der Waals surface area contributed by atoms with Crippen LogP contribution in [0, 0.1) is 19.3 Å². The zero-order valence-corrected chi connectivity index (χ0v) is 19.5. The van der Waals surface area contributed by atoms with Gasteiger partial charge in [0, 0.05) is 28.1 Å². The standard InChI is InChI=1S/C22H29N5O3S/c1-13-11-14(2)24-21(23-13)31-12-16-7-9-17(10-8-16)19(29)27-26-18(28)15(3)25-20(30)22(4,5)6/h7-11,15H,12H2,1-6H3,(H,25,30)(H,26,28)(H,27,29)/t15-/m0/s1. The number of hydrogen-bond donors (Lipinski definition) is 3. The molecule has 0 aliphatic heterocycles. The fraction of sp³-hybridized carbons (Fsp3) is 0.409. The van der Waals surface area contributed by atoms with Crippen molar-refractivity contribution < 1.29 is 14.4 Å². The maximum absolute atomic E-state index is 12.3. The molecule has 1 aromatic heterocycles. The molecule has 1 atom stereocenters. The van der Waals surface area contributed by atoms with Crippen molar-refractivity contribution in [1.29, 1.82) is 0 Å². The summed E-state index contributed by atoms with van der Waals surface area (Å²) in [5, 5.41) is 3.33. The Morgan fingerprint density at radius 1 is 1.00 bits per heavy atom. The van der Waals surface area contributed by atoms with E-state index in [0.29, 0.717) is 11.3 Å². The van der Waals surface area contributed by atoms with Crippen molar-refractivity contribution in [1.82, 2.24) is 26.1 Å². The van der Waals surface area contributed by atoms with E-state index in [0.717, 1.165) is 22.1 Å². The van der Waals surface area contributed by atoms with E-state index >= 15 is 0 Å². The molecule has 9 heteroatoms. The third kappa shape index (κ3) is 7.67. The lowest BCUT2D eigenvalue weighted by Crippen LogP contribution is -2.52. The van der Waals surface area contributed by atoms with Gasteiger partial charge in [-0.3, -0.25) is 25.2 Å². The molecule has 0 fully saturated rings.